The van der Waals surface area contributed by atoms with Crippen molar-refractivity contribution in [3.05, 3.63) is 29.6 Å². The van der Waals surface area contributed by atoms with E-state index in [1.54, 1.807) is 11.0 Å². The van der Waals surface area contributed by atoms with E-state index in [0.717, 1.165) is 0 Å². The van der Waals surface area contributed by atoms with E-state index >= 15 is 0 Å². The lowest BCUT2D eigenvalue weighted by molar-refractivity contribution is 0.0768. The summed E-state index contributed by atoms with van der Waals surface area (Å²) in [5, 5.41) is 0. The van der Waals surface area contributed by atoms with Crippen molar-refractivity contribution in [2.24, 2.45) is 5.73 Å². The Labute approximate surface area is 100 Å². The maximum atomic E-state index is 13.4. The first-order chi connectivity index (χ1) is 8.13. The Morgan fingerprint density at radius 2 is 2.24 bits per heavy atom. The number of hydrogen-bond donors (Lipinski definition) is 1. The van der Waals surface area contributed by atoms with Gasteiger partial charge in [0.1, 0.15) is 0 Å². The quantitative estimate of drug-likeness (QED) is 0.842. The van der Waals surface area contributed by atoms with E-state index in [1.165, 1.54) is 19.2 Å². The van der Waals surface area contributed by atoms with Crippen LogP contribution in [0.15, 0.2) is 18.2 Å². The molecule has 1 aromatic rings. The number of hydrogen-bond acceptors (Lipinski definition) is 3. The van der Waals surface area contributed by atoms with Crippen molar-refractivity contribution >= 4 is 5.91 Å². The summed E-state index contributed by atoms with van der Waals surface area (Å²) in [6, 6.07) is 4.17. The monoisotopic (exact) mass is 240 g/mol. The van der Waals surface area contributed by atoms with Crippen LogP contribution in [0.25, 0.3) is 0 Å². The van der Waals surface area contributed by atoms with Crippen LogP contribution in [-0.4, -0.2) is 37.6 Å². The minimum Gasteiger partial charge on any atom is -0.494 e. The highest BCUT2D eigenvalue weighted by atomic mass is 19.1. The zero-order chi connectivity index (χ0) is 12.8. The molecule has 0 aromatic heterocycles. The molecule has 4 nitrogen and oxygen atoms in total. The number of methoxy groups -OCH3 is 1. The van der Waals surface area contributed by atoms with Crippen LogP contribution in [0.5, 0.6) is 5.75 Å². The highest BCUT2D eigenvalue weighted by molar-refractivity contribution is 5.94. The first-order valence-corrected chi connectivity index (χ1v) is 5.46. The fourth-order valence-corrected chi connectivity index (χ4v) is 1.54. The number of benzene rings is 1. The van der Waals surface area contributed by atoms with Crippen molar-refractivity contribution in [3.8, 4) is 5.75 Å². The number of nitrogens with zero attached hydrogens (tertiary/aromatic N) is 1. The summed E-state index contributed by atoms with van der Waals surface area (Å²) in [6.07, 6.45) is 0. The number of amides is 1. The van der Waals surface area contributed by atoms with Gasteiger partial charge in [-0.3, -0.25) is 4.79 Å². The van der Waals surface area contributed by atoms with Crippen LogP contribution in [0.1, 0.15) is 17.3 Å². The molecule has 0 saturated heterocycles. The average Bonchev–Trinajstić information content (AvgIpc) is 2.35. The standard InChI is InChI=1S/C12H17FN2O2/c1-3-15(7-6-14)12(16)9-4-5-11(17-2)10(13)8-9/h4-5,8H,3,6-7,14H2,1-2H3. The molecular weight excluding hydrogens is 223 g/mol. The average molecular weight is 240 g/mol. The Bertz CT molecular complexity index is 396. The molecule has 0 bridgehead atoms. The first kappa shape index (κ1) is 13.4. The fraction of sp³-hybridized carbons (Fsp3) is 0.417. The van der Waals surface area contributed by atoms with Gasteiger partial charge in [0.15, 0.2) is 11.6 Å². The molecular formula is C12H17FN2O2. The summed E-state index contributed by atoms with van der Waals surface area (Å²) in [4.78, 5) is 13.6. The molecule has 2 N–H and O–H groups in total. The van der Waals surface area contributed by atoms with Crippen molar-refractivity contribution in [2.45, 2.75) is 6.92 Å². The number of ether oxygens (including phenoxy) is 1. The molecule has 17 heavy (non-hydrogen) atoms. The molecule has 0 fully saturated rings. The van der Waals surface area contributed by atoms with Gasteiger partial charge in [-0.2, -0.15) is 0 Å². The lowest BCUT2D eigenvalue weighted by Crippen LogP contribution is -2.35. The smallest absolute Gasteiger partial charge is 0.253 e. The fourth-order valence-electron chi connectivity index (χ4n) is 1.54. The van der Waals surface area contributed by atoms with Gasteiger partial charge < -0.3 is 15.4 Å². The van der Waals surface area contributed by atoms with E-state index in [4.69, 9.17) is 10.5 Å². The second-order valence-electron chi connectivity index (χ2n) is 3.52. The van der Waals surface area contributed by atoms with Crippen LogP contribution in [0.4, 0.5) is 4.39 Å². The molecule has 5 heteroatoms. The topological polar surface area (TPSA) is 55.6 Å². The van der Waals surface area contributed by atoms with Gasteiger partial charge in [-0.15, -0.1) is 0 Å². The first-order valence-electron chi connectivity index (χ1n) is 5.46. The number of rotatable bonds is 5. The van der Waals surface area contributed by atoms with Crippen LogP contribution in [-0.2, 0) is 0 Å². The van der Waals surface area contributed by atoms with Gasteiger partial charge in [0.25, 0.3) is 5.91 Å². The summed E-state index contributed by atoms with van der Waals surface area (Å²) in [5.74, 6) is -0.634. The number of carbonyl (C=O) groups excluding carboxylic acids is 1. The highest BCUT2D eigenvalue weighted by Gasteiger charge is 2.15. The molecule has 0 spiro atoms. The van der Waals surface area contributed by atoms with Gasteiger partial charge >= 0.3 is 0 Å². The normalized spacial score (nSPS) is 10.1. The molecule has 94 valence electrons. The molecule has 1 rings (SSSR count). The van der Waals surface area contributed by atoms with Gasteiger partial charge in [-0.1, -0.05) is 0 Å². The lowest BCUT2D eigenvalue weighted by Gasteiger charge is -2.20. The predicted octanol–water partition coefficient (Wildman–Crippen LogP) is 1.26. The number of likely N-dealkylation sites (N-methyl/N-ethyl adjacent to an activating group) is 1. The predicted molar refractivity (Wildman–Crippen MR) is 63.6 cm³/mol. The summed E-state index contributed by atoms with van der Waals surface area (Å²) in [6.45, 7) is 3.25. The second-order valence-corrected chi connectivity index (χ2v) is 3.52. The largest absolute Gasteiger partial charge is 0.494 e. The molecule has 0 unspecified atom stereocenters. The van der Waals surface area contributed by atoms with E-state index in [0.29, 0.717) is 25.2 Å². The Kier molecular flexibility index (Phi) is 4.90. The molecule has 0 aliphatic rings. The van der Waals surface area contributed by atoms with Crippen LogP contribution in [0, 0.1) is 5.82 Å². The number of halogens is 1. The minimum atomic E-state index is -0.540. The molecule has 0 saturated carbocycles. The van der Waals surface area contributed by atoms with E-state index in [-0.39, 0.29) is 11.7 Å². The van der Waals surface area contributed by atoms with Crippen LogP contribution >= 0.6 is 0 Å². The van der Waals surface area contributed by atoms with Crippen LogP contribution in [0.3, 0.4) is 0 Å². The van der Waals surface area contributed by atoms with Gasteiger partial charge in [0.05, 0.1) is 7.11 Å². The summed E-state index contributed by atoms with van der Waals surface area (Å²) < 4.78 is 18.2. The molecule has 0 atom stereocenters. The molecule has 1 aromatic carbocycles. The van der Waals surface area contributed by atoms with Crippen molar-refractivity contribution in [3.63, 3.8) is 0 Å². The molecule has 0 aliphatic heterocycles. The maximum absolute atomic E-state index is 13.4. The number of nitrogens with two attached hydrogens (primary N) is 1. The van der Waals surface area contributed by atoms with E-state index in [1.807, 2.05) is 6.92 Å². The zero-order valence-corrected chi connectivity index (χ0v) is 10.1. The van der Waals surface area contributed by atoms with Gasteiger partial charge in [-0.05, 0) is 25.1 Å². The van der Waals surface area contributed by atoms with Gasteiger partial charge in [-0.25, -0.2) is 4.39 Å². The third kappa shape index (κ3) is 3.17. The van der Waals surface area contributed by atoms with E-state index in [9.17, 15) is 9.18 Å². The SMILES string of the molecule is CCN(CCN)C(=O)c1ccc(OC)c(F)c1. The molecule has 0 aliphatic carbocycles. The van der Waals surface area contributed by atoms with E-state index in [2.05, 4.69) is 0 Å². The third-order valence-corrected chi connectivity index (χ3v) is 2.47. The molecule has 0 radical (unpaired) electrons. The summed E-state index contributed by atoms with van der Waals surface area (Å²) in [5.41, 5.74) is 5.71. The Balaban J connectivity index is 2.92. The van der Waals surface area contributed by atoms with E-state index < -0.39 is 5.82 Å². The van der Waals surface area contributed by atoms with Gasteiger partial charge in [0.2, 0.25) is 0 Å². The Morgan fingerprint density at radius 3 is 2.71 bits per heavy atom. The summed E-state index contributed by atoms with van der Waals surface area (Å²) in [7, 11) is 1.38. The number of carbonyl (C=O) groups is 1. The van der Waals surface area contributed by atoms with Crippen molar-refractivity contribution < 1.29 is 13.9 Å². The van der Waals surface area contributed by atoms with Gasteiger partial charge in [0, 0.05) is 25.2 Å². The van der Waals surface area contributed by atoms with Crippen LogP contribution < -0.4 is 10.5 Å². The van der Waals surface area contributed by atoms with Crippen molar-refractivity contribution in [2.75, 3.05) is 26.7 Å². The summed E-state index contributed by atoms with van der Waals surface area (Å²) >= 11 is 0. The minimum absolute atomic E-state index is 0.128. The zero-order valence-electron chi connectivity index (χ0n) is 10.1. The van der Waals surface area contributed by atoms with Crippen molar-refractivity contribution in [1.82, 2.24) is 4.90 Å². The Morgan fingerprint density at radius 1 is 1.53 bits per heavy atom. The van der Waals surface area contributed by atoms with Crippen molar-refractivity contribution in [1.29, 1.82) is 0 Å². The molecule has 0 heterocycles. The molecule has 1 amide bonds. The highest BCUT2D eigenvalue weighted by Crippen LogP contribution is 2.18. The third-order valence-electron chi connectivity index (χ3n) is 2.47. The second kappa shape index (κ2) is 6.20. The Hall–Kier alpha value is -1.62. The maximum Gasteiger partial charge on any atom is 0.253 e. The lowest BCUT2D eigenvalue weighted by atomic mass is 10.2. The van der Waals surface area contributed by atoms with Crippen LogP contribution in [0.2, 0.25) is 0 Å².